The number of rotatable bonds is 13. The normalized spacial score (nSPS) is 19.8. The number of amides is 2. The number of ether oxygens (including phenoxy) is 1. The van der Waals surface area contributed by atoms with Crippen molar-refractivity contribution in [3.63, 3.8) is 0 Å². The van der Waals surface area contributed by atoms with E-state index in [1.165, 1.54) is 4.90 Å². The van der Waals surface area contributed by atoms with Gasteiger partial charge in [0.05, 0.1) is 12.6 Å². The Morgan fingerprint density at radius 2 is 1.67 bits per heavy atom. The van der Waals surface area contributed by atoms with E-state index in [-0.39, 0.29) is 37.7 Å². The molecule has 3 aromatic rings. The number of aliphatic carboxylic acids is 1. The second-order valence-corrected chi connectivity index (χ2v) is 13.4. The fourth-order valence-electron chi connectivity index (χ4n) is 6.85. The number of benzene rings is 3. The molecule has 270 valence electrons. The Morgan fingerprint density at radius 1 is 0.961 bits per heavy atom. The highest BCUT2D eigenvalue weighted by Gasteiger charge is 2.45. The first-order valence-corrected chi connectivity index (χ1v) is 17.0. The fourth-order valence-corrected chi connectivity index (χ4v) is 6.85. The summed E-state index contributed by atoms with van der Waals surface area (Å²) in [6, 6.07) is 16.1. The highest BCUT2D eigenvalue weighted by atomic mass is 19.2. The second-order valence-electron chi connectivity index (χ2n) is 13.4. The van der Waals surface area contributed by atoms with Crippen LogP contribution in [0.15, 0.2) is 66.2 Å². The van der Waals surface area contributed by atoms with Gasteiger partial charge in [-0.2, -0.15) is 4.39 Å². The van der Waals surface area contributed by atoms with Crippen LogP contribution >= 0.6 is 0 Å². The van der Waals surface area contributed by atoms with Crippen LogP contribution in [0.2, 0.25) is 0 Å². The van der Waals surface area contributed by atoms with E-state index in [4.69, 9.17) is 9.84 Å². The molecule has 51 heavy (non-hydrogen) atoms. The molecule has 2 amide bonds. The highest BCUT2D eigenvalue weighted by Crippen LogP contribution is 2.38. The van der Waals surface area contributed by atoms with Crippen molar-refractivity contribution in [2.24, 2.45) is 0 Å². The van der Waals surface area contributed by atoms with Gasteiger partial charge < -0.3 is 35.2 Å². The number of aliphatic hydroxyl groups is 2. The predicted octanol–water partition coefficient (Wildman–Crippen LogP) is 3.75. The Morgan fingerprint density at radius 3 is 2.35 bits per heavy atom. The number of carbonyl (C=O) groups excluding carboxylic acids is 2. The molecule has 1 saturated carbocycles. The van der Waals surface area contributed by atoms with Crippen molar-refractivity contribution in [3.8, 4) is 5.75 Å². The Hall–Kier alpha value is -4.72. The van der Waals surface area contributed by atoms with Gasteiger partial charge in [-0.25, -0.2) is 13.6 Å². The van der Waals surface area contributed by atoms with Gasteiger partial charge in [0.25, 0.3) is 11.8 Å². The molecule has 13 heteroatoms. The third kappa shape index (κ3) is 7.95. The number of aryl methyl sites for hydroxylation is 2. The first-order valence-electron chi connectivity index (χ1n) is 17.0. The van der Waals surface area contributed by atoms with Crippen molar-refractivity contribution in [2.75, 3.05) is 19.7 Å². The number of aliphatic hydroxyl groups excluding tert-OH is 2. The lowest BCUT2D eigenvalue weighted by atomic mass is 9.82. The van der Waals surface area contributed by atoms with E-state index < -0.39 is 53.3 Å². The summed E-state index contributed by atoms with van der Waals surface area (Å²) in [6.45, 7) is 2.47. The van der Waals surface area contributed by atoms with Crippen LogP contribution in [0.25, 0.3) is 5.57 Å². The van der Waals surface area contributed by atoms with Gasteiger partial charge in [-0.05, 0) is 79.0 Å². The van der Waals surface area contributed by atoms with Crippen molar-refractivity contribution >= 4 is 23.4 Å². The summed E-state index contributed by atoms with van der Waals surface area (Å²) < 4.78 is 46.6. The SMILES string of the molecule is Cc1ccccc1CN(C(=O)C1=C(c2ccc(CCCOc3c(F)ccc(F)c3F)cc2)C[C@@H]2CN(C(=O)[C@@H](O)[C@@H](O)C(=O)O)C[C@H]1N2)C1CC1. The maximum Gasteiger partial charge on any atom is 0.335 e. The number of hydrogen-bond acceptors (Lipinski definition) is 7. The maximum absolute atomic E-state index is 14.7. The first-order chi connectivity index (χ1) is 24.4. The van der Waals surface area contributed by atoms with Crippen LogP contribution < -0.4 is 10.1 Å². The Labute approximate surface area is 293 Å². The van der Waals surface area contributed by atoms with Gasteiger partial charge in [-0.15, -0.1) is 0 Å². The summed E-state index contributed by atoms with van der Waals surface area (Å²) in [6.07, 6.45) is -1.45. The number of nitrogens with one attached hydrogen (secondary N) is 1. The molecule has 0 radical (unpaired) electrons. The van der Waals surface area contributed by atoms with Crippen molar-refractivity contribution in [3.05, 3.63) is 106 Å². The molecule has 1 aliphatic carbocycles. The minimum absolute atomic E-state index is 0.0171. The van der Waals surface area contributed by atoms with Crippen LogP contribution in [0.4, 0.5) is 13.2 Å². The van der Waals surface area contributed by atoms with Gasteiger partial charge in [-0.1, -0.05) is 48.5 Å². The number of carbonyl (C=O) groups is 3. The van der Waals surface area contributed by atoms with Crippen LogP contribution in [-0.4, -0.2) is 92.9 Å². The van der Waals surface area contributed by atoms with Crippen molar-refractivity contribution < 1.29 is 47.6 Å². The minimum atomic E-state index is -2.28. The van der Waals surface area contributed by atoms with Gasteiger partial charge in [0, 0.05) is 37.3 Å². The second kappa shape index (κ2) is 15.3. The van der Waals surface area contributed by atoms with Crippen molar-refractivity contribution in [1.29, 1.82) is 0 Å². The van der Waals surface area contributed by atoms with E-state index in [1.807, 2.05) is 60.4 Å². The lowest BCUT2D eigenvalue weighted by Gasteiger charge is -2.45. The summed E-state index contributed by atoms with van der Waals surface area (Å²) in [5.41, 5.74) is 5.09. The molecule has 10 nitrogen and oxygen atoms in total. The summed E-state index contributed by atoms with van der Waals surface area (Å²) in [7, 11) is 0. The largest absolute Gasteiger partial charge is 0.488 e. The van der Waals surface area contributed by atoms with E-state index in [0.29, 0.717) is 37.4 Å². The maximum atomic E-state index is 14.7. The van der Waals surface area contributed by atoms with Crippen molar-refractivity contribution in [1.82, 2.24) is 15.1 Å². The number of fused-ring (bicyclic) bond motifs is 2. The average molecular weight is 708 g/mol. The molecule has 3 aliphatic rings. The molecule has 1 saturated heterocycles. The molecule has 2 heterocycles. The van der Waals surface area contributed by atoms with E-state index in [0.717, 1.165) is 46.7 Å². The number of piperazine rings is 1. The molecule has 4 N–H and O–H groups in total. The van der Waals surface area contributed by atoms with E-state index in [9.17, 15) is 37.8 Å². The first kappa shape index (κ1) is 36.1. The molecule has 0 aromatic heterocycles. The molecule has 2 aliphatic heterocycles. The van der Waals surface area contributed by atoms with Gasteiger partial charge in [0.2, 0.25) is 5.82 Å². The molecular weight excluding hydrogens is 667 g/mol. The summed E-state index contributed by atoms with van der Waals surface area (Å²) >= 11 is 0. The summed E-state index contributed by atoms with van der Waals surface area (Å²) in [5.74, 6) is -7.11. The zero-order chi connectivity index (χ0) is 36.4. The number of carboxylic acids is 1. The number of nitrogens with zero attached hydrogens (tertiary/aromatic N) is 2. The van der Waals surface area contributed by atoms with Crippen LogP contribution in [0.1, 0.15) is 47.9 Å². The smallest absolute Gasteiger partial charge is 0.335 e. The number of halogens is 3. The standard InChI is InChI=1S/C38H40F3N3O7/c1-21-5-2-3-7-24(21)18-44(26-12-13-26)36(47)31-27(17-25-19-43(20-30(31)42-25)37(48)33(45)34(46)38(49)50)23-10-8-22(9-11-23)6-4-16-51-35-29(40)15-14-28(39)32(35)41/h2-3,5,7-11,14-15,25-26,30,33-34,42,45-46H,4,6,12-13,16-20H2,1H3,(H,49,50)/t25-,30-,33+,34-/m1/s1. The number of carboxylic acid groups (broad SMARTS) is 1. The molecule has 4 atom stereocenters. The van der Waals surface area contributed by atoms with Crippen LogP contribution in [0.5, 0.6) is 5.75 Å². The molecule has 2 fully saturated rings. The van der Waals surface area contributed by atoms with Gasteiger partial charge >= 0.3 is 5.97 Å². The average Bonchev–Trinajstić information content (AvgIpc) is 3.97. The predicted molar refractivity (Wildman–Crippen MR) is 180 cm³/mol. The van der Waals surface area contributed by atoms with Crippen LogP contribution in [-0.2, 0) is 27.3 Å². The molecule has 3 aromatic carbocycles. The van der Waals surface area contributed by atoms with E-state index in [1.54, 1.807) is 0 Å². The summed E-state index contributed by atoms with van der Waals surface area (Å²) in [5, 5.41) is 32.8. The van der Waals surface area contributed by atoms with Gasteiger partial charge in [-0.3, -0.25) is 9.59 Å². The van der Waals surface area contributed by atoms with Crippen molar-refractivity contribution in [2.45, 2.75) is 75.9 Å². The molecule has 0 spiro atoms. The van der Waals surface area contributed by atoms with Crippen LogP contribution in [0, 0.1) is 24.4 Å². The third-order valence-corrected chi connectivity index (χ3v) is 9.76. The van der Waals surface area contributed by atoms with Crippen LogP contribution in [0.3, 0.4) is 0 Å². The van der Waals surface area contributed by atoms with Gasteiger partial charge in [0.15, 0.2) is 29.6 Å². The Balaban J connectivity index is 1.25. The quantitative estimate of drug-likeness (QED) is 0.156. The number of hydrogen-bond donors (Lipinski definition) is 4. The topological polar surface area (TPSA) is 140 Å². The molecule has 2 bridgehead atoms. The molecule has 0 unspecified atom stereocenters. The monoisotopic (exact) mass is 707 g/mol. The van der Waals surface area contributed by atoms with Gasteiger partial charge in [0.1, 0.15) is 0 Å². The Kier molecular flexibility index (Phi) is 10.8. The fraction of sp³-hybridized carbons (Fsp3) is 0.395. The zero-order valence-corrected chi connectivity index (χ0v) is 28.0. The molecular formula is C38H40F3N3O7. The van der Waals surface area contributed by atoms with E-state index in [2.05, 4.69) is 5.32 Å². The Bertz CT molecular complexity index is 1830. The molecule has 6 rings (SSSR count). The minimum Gasteiger partial charge on any atom is -0.488 e. The third-order valence-electron chi connectivity index (χ3n) is 9.76. The highest BCUT2D eigenvalue weighted by molar-refractivity contribution is 6.03. The van der Waals surface area contributed by atoms with E-state index >= 15 is 0 Å². The lowest BCUT2D eigenvalue weighted by molar-refractivity contribution is -0.163. The summed E-state index contributed by atoms with van der Waals surface area (Å²) in [4.78, 5) is 42.3. The lowest BCUT2D eigenvalue weighted by Crippen LogP contribution is -2.64. The zero-order valence-electron chi connectivity index (χ0n) is 28.0.